The average molecular weight is 279 g/mol. The number of furan rings is 1. The predicted octanol–water partition coefficient (Wildman–Crippen LogP) is 3.84. The van der Waals surface area contributed by atoms with Crippen LogP contribution in [0.5, 0.6) is 0 Å². The summed E-state index contributed by atoms with van der Waals surface area (Å²) in [5, 5.41) is 0. The summed E-state index contributed by atoms with van der Waals surface area (Å²) in [7, 11) is 0. The lowest BCUT2D eigenvalue weighted by atomic mass is 10.2. The van der Waals surface area contributed by atoms with E-state index in [1.54, 1.807) is 6.92 Å². The van der Waals surface area contributed by atoms with Crippen LogP contribution < -0.4 is 0 Å². The maximum Gasteiger partial charge on any atom is 0.137 e. The second-order valence-electron chi connectivity index (χ2n) is 3.62. The van der Waals surface area contributed by atoms with Crippen molar-refractivity contribution in [3.8, 4) is 11.3 Å². The largest absolute Gasteiger partial charge is 0.461 e. The van der Waals surface area contributed by atoms with Crippen LogP contribution in [0.2, 0.25) is 0 Å². The highest BCUT2D eigenvalue weighted by atomic mass is 79.9. The molecule has 0 radical (unpaired) electrons. The quantitative estimate of drug-likeness (QED) is 0.854. The Kier molecular flexibility index (Phi) is 3.25. The van der Waals surface area contributed by atoms with Gasteiger partial charge in [-0.25, -0.2) is 0 Å². The van der Waals surface area contributed by atoms with Crippen LogP contribution in [0.4, 0.5) is 0 Å². The summed E-state index contributed by atoms with van der Waals surface area (Å²) in [5.74, 6) is 1.59. The van der Waals surface area contributed by atoms with Crippen LogP contribution in [-0.4, -0.2) is 5.78 Å². The molecule has 0 aliphatic rings. The van der Waals surface area contributed by atoms with E-state index in [0.717, 1.165) is 15.8 Å². The molecule has 0 unspecified atom stereocenters. The molecule has 82 valence electrons. The van der Waals surface area contributed by atoms with E-state index in [9.17, 15) is 4.79 Å². The molecule has 0 saturated carbocycles. The zero-order chi connectivity index (χ0) is 11.5. The number of rotatable bonds is 3. The topological polar surface area (TPSA) is 30.2 Å². The van der Waals surface area contributed by atoms with Gasteiger partial charge in [-0.05, 0) is 25.1 Å². The molecule has 1 heterocycles. The van der Waals surface area contributed by atoms with Gasteiger partial charge in [0, 0.05) is 10.0 Å². The van der Waals surface area contributed by atoms with Crippen LogP contribution in [0.3, 0.4) is 0 Å². The van der Waals surface area contributed by atoms with E-state index >= 15 is 0 Å². The third kappa shape index (κ3) is 2.42. The molecule has 0 atom stereocenters. The van der Waals surface area contributed by atoms with Gasteiger partial charge in [0.05, 0.1) is 6.42 Å². The van der Waals surface area contributed by atoms with Crippen LogP contribution in [0.1, 0.15) is 12.7 Å². The Morgan fingerprint density at radius 1 is 1.25 bits per heavy atom. The van der Waals surface area contributed by atoms with Gasteiger partial charge < -0.3 is 4.42 Å². The standard InChI is InChI=1S/C13H11BrO2/c1-9(15)8-10-6-7-13(16-10)11-4-2-3-5-12(11)14/h2-7H,8H2,1H3. The number of carbonyl (C=O) groups is 1. The first-order chi connectivity index (χ1) is 7.66. The fourth-order valence-corrected chi connectivity index (χ4v) is 2.00. The molecule has 0 aliphatic carbocycles. The predicted molar refractivity (Wildman–Crippen MR) is 66.2 cm³/mol. The Hall–Kier alpha value is -1.35. The Labute approximate surface area is 102 Å². The van der Waals surface area contributed by atoms with E-state index < -0.39 is 0 Å². The Morgan fingerprint density at radius 2 is 2.00 bits per heavy atom. The molecule has 0 fully saturated rings. The molecule has 0 amide bonds. The van der Waals surface area contributed by atoms with Gasteiger partial charge in [0.2, 0.25) is 0 Å². The monoisotopic (exact) mass is 278 g/mol. The smallest absolute Gasteiger partial charge is 0.137 e. The van der Waals surface area contributed by atoms with Crippen molar-refractivity contribution in [3.05, 3.63) is 46.6 Å². The SMILES string of the molecule is CC(=O)Cc1ccc(-c2ccccc2Br)o1. The lowest BCUT2D eigenvalue weighted by molar-refractivity contribution is -0.116. The molecule has 16 heavy (non-hydrogen) atoms. The number of Topliss-reactive ketones (excluding diaryl/α,β-unsaturated/α-hetero) is 1. The van der Waals surface area contributed by atoms with Crippen LogP contribution >= 0.6 is 15.9 Å². The fraction of sp³-hybridized carbons (Fsp3) is 0.154. The first kappa shape index (κ1) is 11.1. The van der Waals surface area contributed by atoms with E-state index in [4.69, 9.17) is 4.42 Å². The molecule has 2 rings (SSSR count). The number of carbonyl (C=O) groups excluding carboxylic acids is 1. The van der Waals surface area contributed by atoms with Crippen molar-refractivity contribution < 1.29 is 9.21 Å². The van der Waals surface area contributed by atoms with Gasteiger partial charge in [-0.1, -0.05) is 34.1 Å². The molecule has 0 spiro atoms. The van der Waals surface area contributed by atoms with Gasteiger partial charge in [0.25, 0.3) is 0 Å². The number of hydrogen-bond acceptors (Lipinski definition) is 2. The summed E-state index contributed by atoms with van der Waals surface area (Å²) in [6, 6.07) is 11.6. The van der Waals surface area contributed by atoms with Crippen molar-refractivity contribution in [2.24, 2.45) is 0 Å². The Bertz CT molecular complexity index is 514. The first-order valence-corrected chi connectivity index (χ1v) is 5.79. The third-order valence-corrected chi connectivity index (χ3v) is 2.92. The van der Waals surface area contributed by atoms with Crippen LogP contribution in [0, 0.1) is 0 Å². The van der Waals surface area contributed by atoms with Crippen molar-refractivity contribution in [3.63, 3.8) is 0 Å². The highest BCUT2D eigenvalue weighted by molar-refractivity contribution is 9.10. The second-order valence-corrected chi connectivity index (χ2v) is 4.48. The number of ketones is 1. The van der Waals surface area contributed by atoms with Crippen LogP contribution in [0.25, 0.3) is 11.3 Å². The van der Waals surface area contributed by atoms with Gasteiger partial charge >= 0.3 is 0 Å². The highest BCUT2D eigenvalue weighted by Crippen LogP contribution is 2.29. The van der Waals surface area contributed by atoms with Gasteiger partial charge in [0.15, 0.2) is 0 Å². The Balaban J connectivity index is 2.32. The molecule has 1 aromatic heterocycles. The molecular weight excluding hydrogens is 268 g/mol. The normalized spacial score (nSPS) is 10.4. The number of benzene rings is 1. The van der Waals surface area contributed by atoms with Crippen molar-refractivity contribution in [2.75, 3.05) is 0 Å². The molecule has 0 N–H and O–H groups in total. The molecular formula is C13H11BrO2. The van der Waals surface area contributed by atoms with Crippen molar-refractivity contribution in [1.29, 1.82) is 0 Å². The van der Waals surface area contributed by atoms with Gasteiger partial charge in [-0.3, -0.25) is 4.79 Å². The summed E-state index contributed by atoms with van der Waals surface area (Å²) in [6.07, 6.45) is 0.352. The Morgan fingerprint density at radius 3 is 2.69 bits per heavy atom. The van der Waals surface area contributed by atoms with Crippen molar-refractivity contribution in [1.82, 2.24) is 0 Å². The molecule has 2 aromatic rings. The number of halogens is 1. The minimum atomic E-state index is 0.105. The summed E-state index contributed by atoms with van der Waals surface area (Å²) in [6.45, 7) is 1.56. The van der Waals surface area contributed by atoms with E-state index in [1.807, 2.05) is 36.4 Å². The average Bonchev–Trinajstić information content (AvgIpc) is 2.66. The van der Waals surface area contributed by atoms with E-state index in [0.29, 0.717) is 12.2 Å². The molecule has 1 aromatic carbocycles. The van der Waals surface area contributed by atoms with E-state index in [2.05, 4.69) is 15.9 Å². The summed E-state index contributed by atoms with van der Waals surface area (Å²) in [4.78, 5) is 11.0. The van der Waals surface area contributed by atoms with Gasteiger partial charge in [-0.15, -0.1) is 0 Å². The second kappa shape index (κ2) is 4.66. The lowest BCUT2D eigenvalue weighted by Crippen LogP contribution is -1.93. The van der Waals surface area contributed by atoms with Crippen molar-refractivity contribution in [2.45, 2.75) is 13.3 Å². The highest BCUT2D eigenvalue weighted by Gasteiger charge is 2.08. The minimum Gasteiger partial charge on any atom is -0.461 e. The van der Waals surface area contributed by atoms with Crippen LogP contribution in [-0.2, 0) is 11.2 Å². The maximum absolute atomic E-state index is 11.0. The minimum absolute atomic E-state index is 0.105. The van der Waals surface area contributed by atoms with Crippen molar-refractivity contribution >= 4 is 21.7 Å². The molecule has 0 bridgehead atoms. The number of hydrogen-bond donors (Lipinski definition) is 0. The fourth-order valence-electron chi connectivity index (χ4n) is 1.52. The zero-order valence-corrected chi connectivity index (χ0v) is 10.5. The maximum atomic E-state index is 11.0. The van der Waals surface area contributed by atoms with E-state index in [-0.39, 0.29) is 5.78 Å². The molecule has 0 aliphatic heterocycles. The summed E-state index contributed by atoms with van der Waals surface area (Å²) in [5.41, 5.74) is 0.998. The summed E-state index contributed by atoms with van der Waals surface area (Å²) < 4.78 is 6.60. The third-order valence-electron chi connectivity index (χ3n) is 2.22. The summed E-state index contributed by atoms with van der Waals surface area (Å²) >= 11 is 3.47. The first-order valence-electron chi connectivity index (χ1n) is 5.00. The molecule has 2 nitrogen and oxygen atoms in total. The lowest BCUT2D eigenvalue weighted by Gasteiger charge is -1.99. The van der Waals surface area contributed by atoms with Crippen LogP contribution in [0.15, 0.2) is 45.3 Å². The zero-order valence-electron chi connectivity index (χ0n) is 8.87. The van der Waals surface area contributed by atoms with Gasteiger partial charge in [-0.2, -0.15) is 0 Å². The van der Waals surface area contributed by atoms with Gasteiger partial charge in [0.1, 0.15) is 17.3 Å². The van der Waals surface area contributed by atoms with E-state index in [1.165, 1.54) is 0 Å². The molecule has 0 saturated heterocycles. The molecule has 3 heteroatoms.